The maximum Gasteiger partial charge on any atom is 0.573 e. The Balaban J connectivity index is 0.000000257. The van der Waals surface area contributed by atoms with E-state index < -0.39 is 65.7 Å². The van der Waals surface area contributed by atoms with Crippen LogP contribution in [0.4, 0.5) is 72.8 Å². The van der Waals surface area contributed by atoms with Gasteiger partial charge in [-0.1, -0.05) is 72.8 Å². The van der Waals surface area contributed by atoms with E-state index in [2.05, 4.69) is 29.0 Å². The molecule has 0 saturated heterocycles. The molecule has 1 aliphatic rings. The molecule has 0 aliphatic carbocycles. The molecule has 0 radical (unpaired) electrons. The number of halogens is 14. The van der Waals surface area contributed by atoms with Gasteiger partial charge in [-0.3, -0.25) is 19.7 Å². The van der Waals surface area contributed by atoms with Crippen LogP contribution in [0.15, 0.2) is 133 Å². The molecule has 77 heavy (non-hydrogen) atoms. The van der Waals surface area contributed by atoms with Crippen LogP contribution in [0.5, 0.6) is 23.0 Å². The highest BCUT2D eigenvalue weighted by Crippen LogP contribution is 2.41. The SMILES string of the molecule is CCOC(C)=O.FC(F)C(F)(F)Oc1cccc(C2CCc3c(cccc3-c3cccc(OC(F)(F)F)c3)N2)c1.O=C(CCc1c(-c2cccc(OC(F)(F)F)c2)cccc1[N+](=O)[O-])c1cccc(OC(F)(F)C(F)F)c1. The van der Waals surface area contributed by atoms with Crippen molar-refractivity contribution in [3.63, 3.8) is 0 Å². The first-order valence-electron chi connectivity index (χ1n) is 22.5. The van der Waals surface area contributed by atoms with E-state index in [0.717, 1.165) is 53.2 Å². The fourth-order valence-corrected chi connectivity index (χ4v) is 7.58. The molecule has 1 heterocycles. The molecule has 7 rings (SSSR count). The Bertz CT molecular complexity index is 2990. The molecular weight excluding hydrogens is 1060 g/mol. The van der Waals surface area contributed by atoms with E-state index in [-0.39, 0.29) is 58.6 Å². The van der Waals surface area contributed by atoms with Crippen LogP contribution in [0.1, 0.15) is 59.8 Å². The lowest BCUT2D eigenvalue weighted by atomic mass is 9.88. The topological polar surface area (TPSA) is 135 Å². The van der Waals surface area contributed by atoms with Gasteiger partial charge in [-0.2, -0.15) is 35.1 Å². The summed E-state index contributed by atoms with van der Waals surface area (Å²) >= 11 is 0. The highest BCUT2D eigenvalue weighted by atomic mass is 19.4. The van der Waals surface area contributed by atoms with Crippen LogP contribution < -0.4 is 24.3 Å². The van der Waals surface area contributed by atoms with Gasteiger partial charge in [0.2, 0.25) is 0 Å². The number of anilines is 1. The fourth-order valence-electron chi connectivity index (χ4n) is 7.58. The van der Waals surface area contributed by atoms with E-state index in [0.29, 0.717) is 30.6 Å². The van der Waals surface area contributed by atoms with Crippen molar-refractivity contribution in [1.29, 1.82) is 0 Å². The van der Waals surface area contributed by atoms with Gasteiger partial charge in [-0.05, 0) is 114 Å². The predicted octanol–water partition coefficient (Wildman–Crippen LogP) is 15.4. The van der Waals surface area contributed by atoms with Gasteiger partial charge in [0.25, 0.3) is 5.69 Å². The summed E-state index contributed by atoms with van der Waals surface area (Å²) in [6, 6.07) is 29.0. The first kappa shape index (κ1) is 59.8. The van der Waals surface area contributed by atoms with Crippen LogP contribution in [0.2, 0.25) is 0 Å². The Hall–Kier alpha value is -8.12. The average Bonchev–Trinajstić information content (AvgIpc) is 3.34. The Morgan fingerprint density at radius 2 is 1.12 bits per heavy atom. The van der Waals surface area contributed by atoms with Crippen LogP contribution >= 0.6 is 0 Å². The third kappa shape index (κ3) is 17.7. The molecule has 412 valence electrons. The molecule has 1 N–H and O–H groups in total. The van der Waals surface area contributed by atoms with Gasteiger partial charge < -0.3 is 29.0 Å². The summed E-state index contributed by atoms with van der Waals surface area (Å²) in [5.74, 6) is -2.85. The van der Waals surface area contributed by atoms with Crippen molar-refractivity contribution in [1.82, 2.24) is 0 Å². The number of nitro groups is 1. The number of ketones is 1. The monoisotopic (exact) mass is 1100 g/mol. The Kier molecular flexibility index (Phi) is 19.9. The molecule has 25 heteroatoms. The van der Waals surface area contributed by atoms with Gasteiger partial charge in [-0.15, -0.1) is 26.3 Å². The van der Waals surface area contributed by atoms with Crippen molar-refractivity contribution in [3.05, 3.63) is 166 Å². The van der Waals surface area contributed by atoms with Gasteiger partial charge in [0.05, 0.1) is 17.6 Å². The number of benzene rings is 6. The van der Waals surface area contributed by atoms with Crippen molar-refractivity contribution >= 4 is 23.1 Å². The number of nitro benzene ring substituents is 1. The molecule has 0 spiro atoms. The summed E-state index contributed by atoms with van der Waals surface area (Å²) in [6.07, 6.45) is -26.8. The number of carbonyl (C=O) groups excluding carboxylic acids is 2. The summed E-state index contributed by atoms with van der Waals surface area (Å²) in [5.41, 5.74) is 3.21. The number of nitrogens with one attached hydrogen (secondary N) is 1. The first-order valence-corrected chi connectivity index (χ1v) is 22.5. The van der Waals surface area contributed by atoms with E-state index in [1.807, 2.05) is 0 Å². The molecule has 1 atom stereocenters. The van der Waals surface area contributed by atoms with Crippen LogP contribution in [0, 0.1) is 10.1 Å². The number of hydrogen-bond acceptors (Lipinski definition) is 10. The molecule has 11 nitrogen and oxygen atoms in total. The van der Waals surface area contributed by atoms with Crippen LogP contribution in [-0.2, 0) is 22.4 Å². The minimum absolute atomic E-state index is 0.0293. The lowest BCUT2D eigenvalue weighted by Crippen LogP contribution is -2.33. The molecule has 0 fully saturated rings. The second-order valence-corrected chi connectivity index (χ2v) is 16.2. The number of rotatable bonds is 17. The molecule has 6 aromatic carbocycles. The average molecular weight is 1100 g/mol. The third-order valence-corrected chi connectivity index (χ3v) is 10.7. The normalized spacial score (nSPS) is 13.4. The quantitative estimate of drug-likeness (QED) is 0.0309. The number of hydrogen-bond donors (Lipinski definition) is 1. The number of Topliss-reactive ketones (excluding diaryl/α,β-unsaturated/α-hetero) is 1. The zero-order valence-electron chi connectivity index (χ0n) is 39.9. The summed E-state index contributed by atoms with van der Waals surface area (Å²) < 4.78 is 199. The van der Waals surface area contributed by atoms with Gasteiger partial charge >= 0.3 is 43.8 Å². The molecule has 0 saturated carbocycles. The smallest absolute Gasteiger partial charge is 0.466 e. The third-order valence-electron chi connectivity index (χ3n) is 10.7. The second kappa shape index (κ2) is 25.6. The number of fused-ring (bicyclic) bond motifs is 1. The summed E-state index contributed by atoms with van der Waals surface area (Å²) in [6.45, 7) is 3.65. The Morgan fingerprint density at radius 1 is 0.636 bits per heavy atom. The molecule has 1 aliphatic heterocycles. The number of ether oxygens (including phenoxy) is 5. The number of nitrogens with zero attached hydrogens (tertiary/aromatic N) is 1. The largest absolute Gasteiger partial charge is 0.573 e. The van der Waals surface area contributed by atoms with Crippen LogP contribution in [-0.4, -0.2) is 61.1 Å². The Morgan fingerprint density at radius 3 is 1.62 bits per heavy atom. The van der Waals surface area contributed by atoms with E-state index in [9.17, 15) is 81.2 Å². The Labute approximate surface area is 428 Å². The molecule has 0 aromatic heterocycles. The number of carbonyl (C=O) groups is 2. The van der Waals surface area contributed by atoms with Crippen LogP contribution in [0.25, 0.3) is 22.3 Å². The standard InChI is InChI=1S/C24H16F7NO5.C24H18F7NO2.C4H8O2/c25-22(26)23(27,28)36-16-6-2-5-15(13-16)21(33)11-10-19-18(8-3-9-20(19)32(34)35)14-4-1-7-17(12-14)37-24(29,30)31;25-22(26)23(27,28)33-16-6-2-5-15(13-16)20-11-10-19-18(8-3-9-21(19)32-20)14-4-1-7-17(12-14)34-24(29,30)31;1-3-6-4(2)5/h1-9,12-13,22H,10-11H2;1-9,12-13,20,22,32H,10-11H2;3H2,1-2H3. The maximum absolute atomic E-state index is 13.3. The van der Waals surface area contributed by atoms with Gasteiger partial charge in [0.15, 0.2) is 5.78 Å². The van der Waals surface area contributed by atoms with Crippen molar-refractivity contribution in [2.45, 2.75) is 83.4 Å². The second-order valence-electron chi connectivity index (χ2n) is 16.2. The van der Waals surface area contributed by atoms with E-state index in [1.165, 1.54) is 73.7 Å². The van der Waals surface area contributed by atoms with Crippen molar-refractivity contribution < 1.29 is 99.7 Å². The highest BCUT2D eigenvalue weighted by molar-refractivity contribution is 5.96. The zero-order chi connectivity index (χ0) is 56.9. The van der Waals surface area contributed by atoms with Crippen LogP contribution in [0.3, 0.4) is 0 Å². The van der Waals surface area contributed by atoms with Gasteiger partial charge in [0, 0.05) is 36.2 Å². The van der Waals surface area contributed by atoms with Gasteiger partial charge in [-0.25, -0.2) is 0 Å². The summed E-state index contributed by atoms with van der Waals surface area (Å²) in [7, 11) is 0. The summed E-state index contributed by atoms with van der Waals surface area (Å²) in [5, 5.41) is 14.9. The predicted molar refractivity (Wildman–Crippen MR) is 249 cm³/mol. The lowest BCUT2D eigenvalue weighted by molar-refractivity contribution is -0.385. The van der Waals surface area contributed by atoms with E-state index in [1.54, 1.807) is 37.3 Å². The zero-order valence-corrected chi connectivity index (χ0v) is 39.9. The minimum atomic E-state index is -4.96. The van der Waals surface area contributed by atoms with E-state index in [4.69, 9.17) is 0 Å². The minimum Gasteiger partial charge on any atom is -0.466 e. The fraction of sp³-hybridized carbons (Fsp3) is 0.269. The maximum atomic E-state index is 13.3. The number of esters is 1. The highest BCUT2D eigenvalue weighted by Gasteiger charge is 2.45. The van der Waals surface area contributed by atoms with E-state index >= 15 is 0 Å². The summed E-state index contributed by atoms with van der Waals surface area (Å²) in [4.78, 5) is 33.4. The molecule has 0 bridgehead atoms. The first-order chi connectivity index (χ1) is 36.1. The molecule has 1 unspecified atom stereocenters. The number of alkyl halides is 14. The van der Waals surface area contributed by atoms with Crippen molar-refractivity contribution in [3.8, 4) is 45.3 Å². The lowest BCUT2D eigenvalue weighted by Gasteiger charge is -2.29. The van der Waals surface area contributed by atoms with Crippen molar-refractivity contribution in [2.75, 3.05) is 11.9 Å². The van der Waals surface area contributed by atoms with Crippen molar-refractivity contribution in [2.24, 2.45) is 0 Å². The molecule has 6 aromatic rings. The van der Waals surface area contributed by atoms with Gasteiger partial charge in [0.1, 0.15) is 23.0 Å². The molecule has 0 amide bonds. The molecular formula is C52H42F14N2O9.